The first-order chi connectivity index (χ1) is 15.0. The van der Waals surface area contributed by atoms with E-state index in [4.69, 9.17) is 4.74 Å². The number of hydrogen-bond donors (Lipinski definition) is 1. The number of carbonyl (C=O) groups is 1. The number of methoxy groups -OCH3 is 1. The third kappa shape index (κ3) is 5.28. The smallest absolute Gasteiger partial charge is 0.228 e. The largest absolute Gasteiger partial charge is 0.495 e. The molecule has 1 amide bonds. The molecule has 2 aliphatic rings. The van der Waals surface area contributed by atoms with Gasteiger partial charge in [0, 0.05) is 25.7 Å². The molecule has 0 unspecified atom stereocenters. The summed E-state index contributed by atoms with van der Waals surface area (Å²) < 4.78 is 5.38. The summed E-state index contributed by atoms with van der Waals surface area (Å²) in [5.74, 6) is 1.45. The monoisotopic (exact) mass is 421 g/mol. The first-order valence-corrected chi connectivity index (χ1v) is 11.5. The predicted molar refractivity (Wildman–Crippen MR) is 125 cm³/mol. The van der Waals surface area contributed by atoms with Crippen molar-refractivity contribution in [3.63, 3.8) is 0 Å². The topological polar surface area (TPSA) is 44.8 Å². The van der Waals surface area contributed by atoms with Crippen molar-refractivity contribution in [3.05, 3.63) is 59.7 Å². The van der Waals surface area contributed by atoms with E-state index >= 15 is 0 Å². The molecule has 2 aromatic carbocycles. The maximum absolute atomic E-state index is 13.0. The molecular weight excluding hydrogens is 386 g/mol. The second-order valence-electron chi connectivity index (χ2n) is 9.26. The Bertz CT molecular complexity index is 900. The Morgan fingerprint density at radius 2 is 2.00 bits per heavy atom. The SMILES string of the molecule is COc1ccccc1NC(=O)[C@@H]1C[C@H]([C@H]2CCCN(Cc3cccc(C)c3)C2)N(C)C1. The molecule has 3 atom stereocenters. The van der Waals surface area contributed by atoms with Crippen LogP contribution in [0.4, 0.5) is 5.69 Å². The molecule has 0 aliphatic carbocycles. The molecule has 1 N–H and O–H groups in total. The minimum Gasteiger partial charge on any atom is -0.495 e. The van der Waals surface area contributed by atoms with Gasteiger partial charge in [-0.05, 0) is 63.4 Å². The van der Waals surface area contributed by atoms with Crippen LogP contribution in [0.2, 0.25) is 0 Å². The van der Waals surface area contributed by atoms with Crippen LogP contribution in [0, 0.1) is 18.8 Å². The second kappa shape index (κ2) is 9.84. The predicted octanol–water partition coefficient (Wildman–Crippen LogP) is 4.17. The summed E-state index contributed by atoms with van der Waals surface area (Å²) in [5.41, 5.74) is 3.48. The van der Waals surface area contributed by atoms with E-state index in [0.717, 1.165) is 31.7 Å². The number of piperidine rings is 1. The summed E-state index contributed by atoms with van der Waals surface area (Å²) in [6, 6.07) is 16.9. The van der Waals surface area contributed by atoms with Crippen molar-refractivity contribution in [1.29, 1.82) is 0 Å². The molecule has 31 heavy (non-hydrogen) atoms. The maximum atomic E-state index is 13.0. The van der Waals surface area contributed by atoms with Gasteiger partial charge in [-0.2, -0.15) is 0 Å². The zero-order valence-electron chi connectivity index (χ0n) is 19.0. The molecule has 5 nitrogen and oxygen atoms in total. The minimum atomic E-state index is 0.0204. The Kier molecular flexibility index (Phi) is 6.93. The third-order valence-electron chi connectivity index (χ3n) is 6.91. The summed E-state index contributed by atoms with van der Waals surface area (Å²) in [6.45, 7) is 6.28. The molecule has 0 aromatic heterocycles. The second-order valence-corrected chi connectivity index (χ2v) is 9.26. The van der Waals surface area contributed by atoms with E-state index in [9.17, 15) is 4.79 Å². The van der Waals surface area contributed by atoms with Crippen LogP contribution >= 0.6 is 0 Å². The van der Waals surface area contributed by atoms with E-state index in [0.29, 0.717) is 17.7 Å². The molecule has 5 heteroatoms. The van der Waals surface area contributed by atoms with Crippen molar-refractivity contribution in [2.24, 2.45) is 11.8 Å². The molecule has 2 fully saturated rings. The quantitative estimate of drug-likeness (QED) is 0.760. The van der Waals surface area contributed by atoms with Crippen molar-refractivity contribution in [2.45, 2.75) is 38.8 Å². The number of aryl methyl sites for hydroxylation is 1. The van der Waals surface area contributed by atoms with Crippen LogP contribution in [0.5, 0.6) is 5.75 Å². The third-order valence-corrected chi connectivity index (χ3v) is 6.91. The molecule has 2 heterocycles. The van der Waals surface area contributed by atoms with E-state index in [1.54, 1.807) is 7.11 Å². The van der Waals surface area contributed by atoms with Gasteiger partial charge in [-0.25, -0.2) is 0 Å². The van der Waals surface area contributed by atoms with Gasteiger partial charge in [-0.15, -0.1) is 0 Å². The fourth-order valence-electron chi connectivity index (χ4n) is 5.37. The van der Waals surface area contributed by atoms with Crippen molar-refractivity contribution >= 4 is 11.6 Å². The van der Waals surface area contributed by atoms with Crippen molar-refractivity contribution in [3.8, 4) is 5.75 Å². The van der Waals surface area contributed by atoms with E-state index in [-0.39, 0.29) is 11.8 Å². The summed E-state index contributed by atoms with van der Waals surface area (Å²) >= 11 is 0. The van der Waals surface area contributed by atoms with Crippen molar-refractivity contribution < 1.29 is 9.53 Å². The molecule has 2 aliphatic heterocycles. The fraction of sp³-hybridized carbons (Fsp3) is 0.500. The van der Waals surface area contributed by atoms with Gasteiger partial charge in [0.2, 0.25) is 5.91 Å². The first kappa shape index (κ1) is 21.8. The standard InChI is InChI=1S/C26H35N3O2/c1-19-8-6-9-20(14-19)16-29-13-7-10-21(18-29)24-15-22(17-28(24)2)26(30)27-23-11-4-5-12-25(23)31-3/h4-6,8-9,11-12,14,21-22,24H,7,10,13,15-18H2,1-3H3,(H,27,30)/t21-,22+,24+/m0/s1. The van der Waals surface area contributed by atoms with Crippen LogP contribution in [-0.4, -0.2) is 55.5 Å². The number of nitrogens with one attached hydrogen (secondary N) is 1. The van der Waals surface area contributed by atoms with Crippen molar-refractivity contribution in [1.82, 2.24) is 9.80 Å². The number of nitrogens with zero attached hydrogens (tertiary/aromatic N) is 2. The van der Waals surface area contributed by atoms with E-state index in [2.05, 4.69) is 53.4 Å². The number of hydrogen-bond acceptors (Lipinski definition) is 4. The molecule has 4 rings (SSSR count). The van der Waals surface area contributed by atoms with Crippen LogP contribution in [-0.2, 0) is 11.3 Å². The van der Waals surface area contributed by atoms with Crippen LogP contribution in [0.3, 0.4) is 0 Å². The van der Waals surface area contributed by atoms with E-state index in [1.165, 1.54) is 30.5 Å². The summed E-state index contributed by atoms with van der Waals surface area (Å²) in [6.07, 6.45) is 3.42. The molecule has 0 bridgehead atoms. The zero-order chi connectivity index (χ0) is 21.8. The van der Waals surface area contributed by atoms with Gasteiger partial charge in [0.25, 0.3) is 0 Å². The van der Waals surface area contributed by atoms with Gasteiger partial charge in [0.15, 0.2) is 0 Å². The van der Waals surface area contributed by atoms with E-state index < -0.39 is 0 Å². The Balaban J connectivity index is 1.36. The lowest BCUT2D eigenvalue weighted by molar-refractivity contribution is -0.119. The van der Waals surface area contributed by atoms with Crippen LogP contribution in [0.15, 0.2) is 48.5 Å². The number of likely N-dealkylation sites (tertiary alicyclic amines) is 2. The normalized spacial score (nSPS) is 24.8. The Morgan fingerprint density at radius 1 is 1.16 bits per heavy atom. The van der Waals surface area contributed by atoms with Gasteiger partial charge < -0.3 is 15.0 Å². The maximum Gasteiger partial charge on any atom is 0.228 e. The highest BCUT2D eigenvalue weighted by Gasteiger charge is 2.39. The number of para-hydroxylation sites is 2. The number of ether oxygens (including phenoxy) is 1. The highest BCUT2D eigenvalue weighted by atomic mass is 16.5. The molecule has 166 valence electrons. The molecule has 0 radical (unpaired) electrons. The molecule has 0 saturated carbocycles. The Morgan fingerprint density at radius 3 is 2.81 bits per heavy atom. The van der Waals surface area contributed by atoms with Gasteiger partial charge in [0.05, 0.1) is 18.7 Å². The van der Waals surface area contributed by atoms with Gasteiger partial charge >= 0.3 is 0 Å². The van der Waals surface area contributed by atoms with Gasteiger partial charge in [-0.1, -0.05) is 42.0 Å². The minimum absolute atomic E-state index is 0.0204. The van der Waals surface area contributed by atoms with Crippen LogP contribution in [0.1, 0.15) is 30.4 Å². The number of anilines is 1. The first-order valence-electron chi connectivity index (χ1n) is 11.5. The average molecular weight is 422 g/mol. The lowest BCUT2D eigenvalue weighted by Gasteiger charge is -2.38. The Labute approximate surface area is 186 Å². The van der Waals surface area contributed by atoms with Crippen LogP contribution in [0.25, 0.3) is 0 Å². The number of amides is 1. The molecule has 0 spiro atoms. The summed E-state index contributed by atoms with van der Waals surface area (Å²) in [7, 11) is 3.82. The lowest BCUT2D eigenvalue weighted by atomic mass is 9.87. The average Bonchev–Trinajstić information content (AvgIpc) is 3.16. The number of rotatable bonds is 6. The number of benzene rings is 2. The zero-order valence-corrected chi connectivity index (χ0v) is 19.0. The van der Waals surface area contributed by atoms with Gasteiger partial charge in [0.1, 0.15) is 5.75 Å². The van der Waals surface area contributed by atoms with Crippen LogP contribution < -0.4 is 10.1 Å². The molecule has 2 aromatic rings. The molecule has 2 saturated heterocycles. The van der Waals surface area contributed by atoms with E-state index in [1.807, 2.05) is 24.3 Å². The highest BCUT2D eigenvalue weighted by Crippen LogP contribution is 2.34. The van der Waals surface area contributed by atoms with Gasteiger partial charge in [-0.3, -0.25) is 9.69 Å². The Hall–Kier alpha value is -2.37. The van der Waals surface area contributed by atoms with Crippen molar-refractivity contribution in [2.75, 3.05) is 39.1 Å². The fourth-order valence-corrected chi connectivity index (χ4v) is 5.37. The lowest BCUT2D eigenvalue weighted by Crippen LogP contribution is -2.43. The summed E-state index contributed by atoms with van der Waals surface area (Å²) in [4.78, 5) is 18.0. The summed E-state index contributed by atoms with van der Waals surface area (Å²) in [5, 5.41) is 3.09. The number of carbonyl (C=O) groups excluding carboxylic acids is 1. The molecular formula is C26H35N3O2. The highest BCUT2D eigenvalue weighted by molar-refractivity contribution is 5.94.